The van der Waals surface area contributed by atoms with E-state index in [1.165, 1.54) is 11.8 Å². The number of carboxylic acids is 1. The van der Waals surface area contributed by atoms with E-state index in [1.54, 1.807) is 6.92 Å². The molecule has 8 nitrogen and oxygen atoms in total. The summed E-state index contributed by atoms with van der Waals surface area (Å²) in [4.78, 5) is 37.1. The zero-order chi connectivity index (χ0) is 20.3. The number of rotatable bonds is 3. The first-order valence-electron chi connectivity index (χ1n) is 7.43. The van der Waals surface area contributed by atoms with Gasteiger partial charge in [-0.15, -0.1) is 11.8 Å². The summed E-state index contributed by atoms with van der Waals surface area (Å²) in [6.45, 7) is 1.59. The van der Waals surface area contributed by atoms with E-state index in [1.807, 2.05) is 0 Å². The van der Waals surface area contributed by atoms with Gasteiger partial charge < -0.3 is 10.4 Å². The minimum absolute atomic E-state index is 0.132. The lowest BCUT2D eigenvalue weighted by Gasteiger charge is -2.49. The maximum atomic E-state index is 13.0. The average Bonchev–Trinajstić information content (AvgIpc) is 2.86. The number of carbonyl (C=O) groups is 3. The smallest absolute Gasteiger partial charge is 0.434 e. The largest absolute Gasteiger partial charge is 0.477 e. The van der Waals surface area contributed by atoms with E-state index in [-0.39, 0.29) is 5.70 Å². The van der Waals surface area contributed by atoms with Crippen molar-refractivity contribution in [3.8, 4) is 0 Å². The minimum Gasteiger partial charge on any atom is -0.477 e. The van der Waals surface area contributed by atoms with Crippen molar-refractivity contribution in [2.45, 2.75) is 24.5 Å². The zero-order valence-corrected chi connectivity index (χ0v) is 16.2. The van der Waals surface area contributed by atoms with Crippen LogP contribution in [0.15, 0.2) is 15.7 Å². The van der Waals surface area contributed by atoms with Crippen LogP contribution in [0.4, 0.5) is 13.2 Å². The van der Waals surface area contributed by atoms with E-state index in [2.05, 4.69) is 26.3 Å². The summed E-state index contributed by atoms with van der Waals surface area (Å²) in [6.07, 6.45) is -4.72. The number of amides is 2. The summed E-state index contributed by atoms with van der Waals surface area (Å²) in [6, 6.07) is -1.05. The van der Waals surface area contributed by atoms with E-state index in [9.17, 15) is 32.7 Å². The van der Waals surface area contributed by atoms with Crippen LogP contribution in [0.25, 0.3) is 0 Å². The molecule has 1 aromatic rings. The number of halogens is 4. The van der Waals surface area contributed by atoms with Crippen molar-refractivity contribution in [1.29, 1.82) is 0 Å². The molecule has 1 fully saturated rings. The highest BCUT2D eigenvalue weighted by molar-refractivity contribution is 9.10. The minimum atomic E-state index is -4.72. The number of hydrogen-bond acceptors (Lipinski definition) is 5. The third kappa shape index (κ3) is 3.12. The lowest BCUT2D eigenvalue weighted by molar-refractivity contribution is -0.148. The molecule has 2 N–H and O–H groups in total. The second-order valence-corrected chi connectivity index (χ2v) is 7.83. The molecular weight excluding hydrogens is 457 g/mol. The van der Waals surface area contributed by atoms with E-state index < -0.39 is 51.2 Å². The van der Waals surface area contributed by atoms with E-state index in [4.69, 9.17) is 0 Å². The van der Waals surface area contributed by atoms with Crippen LogP contribution in [0.3, 0.4) is 0 Å². The maximum absolute atomic E-state index is 13.0. The molecule has 1 saturated heterocycles. The molecule has 27 heavy (non-hydrogen) atoms. The molecule has 2 amide bonds. The van der Waals surface area contributed by atoms with Crippen LogP contribution in [-0.2, 0) is 22.8 Å². The molecule has 2 aliphatic rings. The first-order valence-corrected chi connectivity index (χ1v) is 9.27. The highest BCUT2D eigenvalue weighted by atomic mass is 79.9. The van der Waals surface area contributed by atoms with Crippen molar-refractivity contribution in [1.82, 2.24) is 20.0 Å². The van der Waals surface area contributed by atoms with Gasteiger partial charge in [-0.05, 0) is 28.4 Å². The maximum Gasteiger partial charge on any atom is 0.434 e. The Hall–Kier alpha value is -2.02. The topological polar surface area (TPSA) is 105 Å². The number of alkyl halides is 3. The van der Waals surface area contributed by atoms with Gasteiger partial charge in [0.15, 0.2) is 11.4 Å². The van der Waals surface area contributed by atoms with Gasteiger partial charge in [-0.1, -0.05) is 0 Å². The van der Waals surface area contributed by atoms with Gasteiger partial charge >= 0.3 is 12.1 Å². The fourth-order valence-corrected chi connectivity index (χ4v) is 4.97. The first-order chi connectivity index (χ1) is 12.4. The number of nitrogens with one attached hydrogen (secondary N) is 1. The molecular formula is C14H12BrF3N4O4S. The molecule has 0 aromatic carbocycles. The Kier molecular flexibility index (Phi) is 4.78. The molecule has 3 heterocycles. The lowest BCUT2D eigenvalue weighted by atomic mass is 10.0. The number of thioether (sulfide) groups is 1. The highest BCUT2D eigenvalue weighted by Gasteiger charge is 2.54. The highest BCUT2D eigenvalue weighted by Crippen LogP contribution is 2.40. The third-order valence-corrected chi connectivity index (χ3v) is 6.30. The van der Waals surface area contributed by atoms with Crippen LogP contribution < -0.4 is 5.32 Å². The fourth-order valence-electron chi connectivity index (χ4n) is 2.94. The molecule has 0 aliphatic carbocycles. The van der Waals surface area contributed by atoms with E-state index >= 15 is 0 Å². The summed E-state index contributed by atoms with van der Waals surface area (Å²) in [7, 11) is 1.05. The number of aryl methyl sites for hydroxylation is 1. The molecule has 2 aliphatic heterocycles. The van der Waals surface area contributed by atoms with Gasteiger partial charge in [0.2, 0.25) is 0 Å². The number of aliphatic carboxylic acids is 1. The van der Waals surface area contributed by atoms with Gasteiger partial charge in [0.05, 0.1) is 4.47 Å². The fraction of sp³-hybridized carbons (Fsp3) is 0.429. The Morgan fingerprint density at radius 2 is 2.04 bits per heavy atom. The Balaban J connectivity index is 1.82. The van der Waals surface area contributed by atoms with Crippen LogP contribution in [0.5, 0.6) is 0 Å². The van der Waals surface area contributed by atoms with Crippen molar-refractivity contribution in [2.75, 3.05) is 5.75 Å². The molecule has 0 unspecified atom stereocenters. The predicted octanol–water partition coefficient (Wildman–Crippen LogP) is 1.57. The molecule has 0 bridgehead atoms. The van der Waals surface area contributed by atoms with Crippen molar-refractivity contribution < 1.29 is 32.7 Å². The molecule has 2 atom stereocenters. The van der Waals surface area contributed by atoms with Gasteiger partial charge in [-0.3, -0.25) is 19.2 Å². The normalized spacial score (nSPS) is 22.4. The summed E-state index contributed by atoms with van der Waals surface area (Å²) >= 11 is 4.00. The van der Waals surface area contributed by atoms with Crippen LogP contribution >= 0.6 is 27.7 Å². The monoisotopic (exact) mass is 468 g/mol. The zero-order valence-electron chi connectivity index (χ0n) is 13.8. The molecule has 0 radical (unpaired) electrons. The number of β-lactam (4-membered cyclic amide) rings is 1. The quantitative estimate of drug-likeness (QED) is 0.652. The third-order valence-electron chi connectivity index (χ3n) is 4.12. The Morgan fingerprint density at radius 3 is 2.56 bits per heavy atom. The first kappa shape index (κ1) is 19.7. The van der Waals surface area contributed by atoms with Crippen LogP contribution in [0.2, 0.25) is 0 Å². The number of carboxylic acid groups (broad SMARTS) is 1. The Morgan fingerprint density at radius 1 is 1.41 bits per heavy atom. The van der Waals surface area contributed by atoms with E-state index in [0.717, 1.165) is 11.9 Å². The summed E-state index contributed by atoms with van der Waals surface area (Å²) < 4.78 is 39.0. The number of carbonyl (C=O) groups excluding carboxylic acids is 2. The van der Waals surface area contributed by atoms with Gasteiger partial charge in [-0.2, -0.15) is 18.3 Å². The lowest BCUT2D eigenvalue weighted by Crippen LogP contribution is -2.70. The SMILES string of the molecule is CC1=C(C(=O)O)N2C(=O)[C@@H](NC(=O)c3nn(C)c(C(F)(F)F)c3Br)[C@@H]2SC1. The number of aromatic nitrogens is 2. The predicted molar refractivity (Wildman–Crippen MR) is 90.6 cm³/mol. The standard InChI is InChI=1S/C14H12BrF3N4O4S/c1-4-3-27-12-7(11(24)22(12)8(4)13(25)26)19-10(23)6-5(15)9(14(16,17)18)21(2)20-6/h7,12H,3H2,1-2H3,(H,19,23)(H,25,26)/t7-,12+/m1/s1. The molecule has 13 heteroatoms. The van der Waals surface area contributed by atoms with Crippen molar-refractivity contribution in [3.05, 3.63) is 27.1 Å². The molecule has 0 saturated carbocycles. The summed E-state index contributed by atoms with van der Waals surface area (Å²) in [5.41, 5.74) is -1.26. The van der Waals surface area contributed by atoms with Crippen LogP contribution in [-0.4, -0.2) is 54.7 Å². The van der Waals surface area contributed by atoms with Gasteiger partial charge in [-0.25, -0.2) is 4.79 Å². The second-order valence-electron chi connectivity index (χ2n) is 5.93. The molecule has 3 rings (SSSR count). The van der Waals surface area contributed by atoms with Gasteiger partial charge in [0.1, 0.15) is 17.1 Å². The molecule has 0 spiro atoms. The number of hydrogen-bond donors (Lipinski definition) is 2. The van der Waals surface area contributed by atoms with Crippen molar-refractivity contribution >= 4 is 45.5 Å². The number of nitrogens with zero attached hydrogens (tertiary/aromatic N) is 3. The van der Waals surface area contributed by atoms with Gasteiger partial charge in [0.25, 0.3) is 11.8 Å². The van der Waals surface area contributed by atoms with Crippen LogP contribution in [0, 0.1) is 0 Å². The van der Waals surface area contributed by atoms with Crippen molar-refractivity contribution in [2.24, 2.45) is 7.05 Å². The summed E-state index contributed by atoms with van der Waals surface area (Å²) in [5, 5.41) is 14.6. The Bertz CT molecular complexity index is 898. The second kappa shape index (κ2) is 6.55. The van der Waals surface area contributed by atoms with Crippen molar-refractivity contribution in [3.63, 3.8) is 0 Å². The molecule has 146 valence electrons. The number of fused-ring (bicyclic) bond motifs is 1. The van der Waals surface area contributed by atoms with E-state index in [0.29, 0.717) is 16.0 Å². The Labute approximate surface area is 162 Å². The average molecular weight is 469 g/mol. The van der Waals surface area contributed by atoms with Crippen LogP contribution in [0.1, 0.15) is 23.1 Å². The summed E-state index contributed by atoms with van der Waals surface area (Å²) in [5.74, 6) is -2.50. The van der Waals surface area contributed by atoms with Gasteiger partial charge in [0, 0.05) is 12.8 Å². The molecule has 1 aromatic heterocycles.